The molecule has 38 heavy (non-hydrogen) atoms. The second kappa shape index (κ2) is 14.6. The van der Waals surface area contributed by atoms with Crippen LogP contribution in [0.4, 0.5) is 4.39 Å². The largest absolute Gasteiger partial charge is 0.511 e. The standard InChI is InChI=1S/C31H34FNO5/c1-3-4-5-6-9-20-37-25-18-14-24(15-19-25)31(36)38-26-16-12-23(13-17-26)21-29(22(2)34)33-30(35)27-10-7-8-11-28(27)32/h7-8,10-19,29,34H,2-6,9,20-21H2,1H3,(H,33,35)/t29-/m0/s1. The topological polar surface area (TPSA) is 84.9 Å². The molecule has 0 aliphatic rings. The molecule has 3 rings (SSSR count). The number of unbranched alkanes of at least 4 members (excludes halogenated alkanes) is 4. The molecule has 0 aliphatic heterocycles. The number of aliphatic hydroxyl groups excluding tert-OH is 1. The third kappa shape index (κ3) is 8.76. The second-order valence-corrected chi connectivity index (χ2v) is 9.02. The zero-order chi connectivity index (χ0) is 27.3. The van der Waals surface area contributed by atoms with Gasteiger partial charge in [-0.05, 0) is 66.9 Å². The summed E-state index contributed by atoms with van der Waals surface area (Å²) in [5, 5.41) is 12.6. The maximum absolute atomic E-state index is 13.9. The predicted octanol–water partition coefficient (Wildman–Crippen LogP) is 6.81. The van der Waals surface area contributed by atoms with E-state index in [0.29, 0.717) is 23.7 Å². The van der Waals surface area contributed by atoms with Gasteiger partial charge in [-0.2, -0.15) is 0 Å². The molecule has 0 aliphatic carbocycles. The van der Waals surface area contributed by atoms with Crippen LogP contribution >= 0.6 is 0 Å². The quantitative estimate of drug-likeness (QED) is 0.106. The van der Waals surface area contributed by atoms with Crippen LogP contribution in [0.1, 0.15) is 65.3 Å². The third-order valence-electron chi connectivity index (χ3n) is 6.01. The smallest absolute Gasteiger partial charge is 0.343 e. The van der Waals surface area contributed by atoms with Crippen LogP contribution in [0.25, 0.3) is 0 Å². The number of amides is 1. The molecule has 200 valence electrons. The Morgan fingerprint density at radius 2 is 1.58 bits per heavy atom. The minimum absolute atomic E-state index is 0.122. The first kappa shape index (κ1) is 28.4. The molecular weight excluding hydrogens is 485 g/mol. The van der Waals surface area contributed by atoms with Gasteiger partial charge in [0.15, 0.2) is 0 Å². The number of benzene rings is 3. The molecule has 0 aromatic heterocycles. The molecule has 0 bridgehead atoms. The van der Waals surface area contributed by atoms with Gasteiger partial charge in [0.05, 0.1) is 23.8 Å². The number of halogens is 1. The van der Waals surface area contributed by atoms with Gasteiger partial charge in [-0.1, -0.05) is 63.5 Å². The molecule has 0 radical (unpaired) electrons. The van der Waals surface area contributed by atoms with E-state index in [1.54, 1.807) is 54.6 Å². The van der Waals surface area contributed by atoms with E-state index in [4.69, 9.17) is 9.47 Å². The highest BCUT2D eigenvalue weighted by atomic mass is 19.1. The van der Waals surface area contributed by atoms with Crippen molar-refractivity contribution in [2.45, 2.75) is 51.5 Å². The summed E-state index contributed by atoms with van der Waals surface area (Å²) in [4.78, 5) is 25.0. The highest BCUT2D eigenvalue weighted by Gasteiger charge is 2.19. The van der Waals surface area contributed by atoms with Crippen molar-refractivity contribution in [2.75, 3.05) is 6.61 Å². The normalized spacial score (nSPS) is 11.4. The summed E-state index contributed by atoms with van der Waals surface area (Å²) in [5.74, 6) is -1.00. The van der Waals surface area contributed by atoms with Crippen LogP contribution < -0.4 is 14.8 Å². The highest BCUT2D eigenvalue weighted by Crippen LogP contribution is 2.19. The minimum atomic E-state index is -0.826. The zero-order valence-electron chi connectivity index (χ0n) is 21.6. The van der Waals surface area contributed by atoms with Crippen LogP contribution in [-0.2, 0) is 6.42 Å². The van der Waals surface area contributed by atoms with Crippen molar-refractivity contribution in [3.63, 3.8) is 0 Å². The molecule has 1 amide bonds. The number of rotatable bonds is 14. The summed E-state index contributed by atoms with van der Waals surface area (Å²) < 4.78 is 25.1. The summed E-state index contributed by atoms with van der Waals surface area (Å²) in [6.45, 7) is 6.35. The van der Waals surface area contributed by atoms with E-state index in [0.717, 1.165) is 18.4 Å². The van der Waals surface area contributed by atoms with Crippen molar-refractivity contribution in [2.24, 2.45) is 0 Å². The summed E-state index contributed by atoms with van der Waals surface area (Å²) in [6.07, 6.45) is 6.03. The maximum Gasteiger partial charge on any atom is 0.343 e. The van der Waals surface area contributed by atoms with E-state index in [-0.39, 0.29) is 17.7 Å². The molecule has 2 N–H and O–H groups in total. The van der Waals surface area contributed by atoms with Crippen molar-refractivity contribution in [3.8, 4) is 11.5 Å². The lowest BCUT2D eigenvalue weighted by Crippen LogP contribution is -2.38. The van der Waals surface area contributed by atoms with Crippen LogP contribution in [-0.4, -0.2) is 29.6 Å². The first-order valence-electron chi connectivity index (χ1n) is 12.8. The number of hydrogen-bond acceptors (Lipinski definition) is 5. The van der Waals surface area contributed by atoms with Gasteiger partial charge in [-0.3, -0.25) is 4.79 Å². The van der Waals surface area contributed by atoms with Gasteiger partial charge in [0.2, 0.25) is 0 Å². The van der Waals surface area contributed by atoms with Gasteiger partial charge in [0.25, 0.3) is 5.91 Å². The lowest BCUT2D eigenvalue weighted by molar-refractivity contribution is 0.0734. The fourth-order valence-corrected chi connectivity index (χ4v) is 3.81. The minimum Gasteiger partial charge on any atom is -0.511 e. The van der Waals surface area contributed by atoms with Crippen molar-refractivity contribution in [1.82, 2.24) is 5.32 Å². The molecule has 3 aromatic carbocycles. The second-order valence-electron chi connectivity index (χ2n) is 9.02. The average Bonchev–Trinajstić information content (AvgIpc) is 2.91. The van der Waals surface area contributed by atoms with E-state index >= 15 is 0 Å². The van der Waals surface area contributed by atoms with E-state index in [2.05, 4.69) is 18.8 Å². The average molecular weight is 520 g/mol. The molecule has 6 nitrogen and oxygen atoms in total. The Morgan fingerprint density at radius 1 is 0.921 bits per heavy atom. The van der Waals surface area contributed by atoms with Gasteiger partial charge in [-0.15, -0.1) is 0 Å². The van der Waals surface area contributed by atoms with Crippen molar-refractivity contribution >= 4 is 11.9 Å². The number of nitrogens with one attached hydrogen (secondary N) is 1. The van der Waals surface area contributed by atoms with Crippen molar-refractivity contribution in [3.05, 3.63) is 108 Å². The fourth-order valence-electron chi connectivity index (χ4n) is 3.81. The van der Waals surface area contributed by atoms with Crippen LogP contribution in [0, 0.1) is 5.82 Å². The number of esters is 1. The van der Waals surface area contributed by atoms with E-state index in [9.17, 15) is 19.1 Å². The Kier molecular flexibility index (Phi) is 10.9. The Morgan fingerprint density at radius 3 is 2.24 bits per heavy atom. The van der Waals surface area contributed by atoms with Crippen LogP contribution in [0.15, 0.2) is 85.1 Å². The summed E-state index contributed by atoms with van der Waals surface area (Å²) in [5.41, 5.74) is 1.02. The van der Waals surface area contributed by atoms with Gasteiger partial charge in [0.1, 0.15) is 23.1 Å². The molecular formula is C31H34FNO5. The number of carbonyl (C=O) groups is 2. The zero-order valence-corrected chi connectivity index (χ0v) is 21.6. The number of aliphatic hydroxyl groups is 1. The summed E-state index contributed by atoms with van der Waals surface area (Å²) in [6, 6.07) is 18.3. The molecule has 1 atom stereocenters. The lowest BCUT2D eigenvalue weighted by atomic mass is 10.0. The van der Waals surface area contributed by atoms with Gasteiger partial charge >= 0.3 is 5.97 Å². The number of ether oxygens (including phenoxy) is 2. The van der Waals surface area contributed by atoms with Gasteiger partial charge in [-0.25, -0.2) is 9.18 Å². The van der Waals surface area contributed by atoms with Gasteiger partial charge < -0.3 is 19.9 Å². The molecule has 0 spiro atoms. The molecule has 0 fully saturated rings. The van der Waals surface area contributed by atoms with E-state index in [1.165, 1.54) is 37.5 Å². The van der Waals surface area contributed by atoms with Crippen molar-refractivity contribution in [1.29, 1.82) is 0 Å². The first-order valence-corrected chi connectivity index (χ1v) is 12.8. The lowest BCUT2D eigenvalue weighted by Gasteiger charge is -2.18. The molecule has 3 aromatic rings. The molecule has 0 heterocycles. The number of carbonyl (C=O) groups excluding carboxylic acids is 2. The monoisotopic (exact) mass is 519 g/mol. The Bertz CT molecular complexity index is 1210. The molecule has 0 unspecified atom stereocenters. The first-order chi connectivity index (χ1) is 18.4. The SMILES string of the molecule is C=C(O)[C@H](Cc1ccc(OC(=O)c2ccc(OCCCCCCC)cc2)cc1)NC(=O)c1ccccc1F. The molecule has 0 saturated carbocycles. The predicted molar refractivity (Wildman–Crippen MR) is 145 cm³/mol. The van der Waals surface area contributed by atoms with Crippen LogP contribution in [0.5, 0.6) is 11.5 Å². The van der Waals surface area contributed by atoms with E-state index < -0.39 is 23.7 Å². The Labute approximate surface area is 223 Å². The fraction of sp³-hybridized carbons (Fsp3) is 0.290. The van der Waals surface area contributed by atoms with E-state index in [1.807, 2.05) is 0 Å². The third-order valence-corrected chi connectivity index (χ3v) is 6.01. The highest BCUT2D eigenvalue weighted by molar-refractivity contribution is 5.94. The van der Waals surface area contributed by atoms with Crippen LogP contribution in [0.2, 0.25) is 0 Å². The van der Waals surface area contributed by atoms with Crippen LogP contribution in [0.3, 0.4) is 0 Å². The Balaban J connectivity index is 1.51. The van der Waals surface area contributed by atoms with Gasteiger partial charge in [0, 0.05) is 0 Å². The molecule has 7 heteroatoms. The van der Waals surface area contributed by atoms with Crippen molar-refractivity contribution < 1.29 is 28.6 Å². The number of hydrogen-bond donors (Lipinski definition) is 2. The summed E-state index contributed by atoms with van der Waals surface area (Å²) >= 11 is 0. The summed E-state index contributed by atoms with van der Waals surface area (Å²) in [7, 11) is 0. The maximum atomic E-state index is 13.9. The molecule has 0 saturated heterocycles. The Hall–Kier alpha value is -4.13.